The van der Waals surface area contributed by atoms with Crippen molar-refractivity contribution in [3.63, 3.8) is 0 Å². The van der Waals surface area contributed by atoms with Crippen molar-refractivity contribution < 1.29 is 9.53 Å². The number of carbonyl (C=O) groups is 1. The summed E-state index contributed by atoms with van der Waals surface area (Å²) < 4.78 is 5.04. The Hall–Kier alpha value is -1.90. The number of ether oxygens (including phenoxy) is 1. The lowest BCUT2D eigenvalue weighted by Gasteiger charge is -2.03. The second-order valence-electron chi connectivity index (χ2n) is 4.63. The molecule has 0 bridgehead atoms. The number of carbonyl (C=O) groups excluding carboxylic acids is 1. The van der Waals surface area contributed by atoms with Gasteiger partial charge in [-0.25, -0.2) is 0 Å². The van der Waals surface area contributed by atoms with E-state index in [1.54, 1.807) is 0 Å². The molecule has 3 rings (SSSR count). The maximum Gasteiger partial charge on any atom is 0.309 e. The van der Waals surface area contributed by atoms with E-state index in [0.717, 1.165) is 23.0 Å². The predicted molar refractivity (Wildman–Crippen MR) is 69.2 cm³/mol. The first-order chi connectivity index (χ1) is 8.79. The lowest BCUT2D eigenvalue weighted by molar-refractivity contribution is -0.144. The lowest BCUT2D eigenvalue weighted by atomic mass is 10.1. The molecule has 0 radical (unpaired) electrons. The predicted octanol–water partition coefficient (Wildman–Crippen LogP) is 2.90. The Morgan fingerprint density at radius 1 is 1.33 bits per heavy atom. The molecule has 3 heteroatoms. The van der Waals surface area contributed by atoms with Crippen LogP contribution in [0.3, 0.4) is 0 Å². The Balaban J connectivity index is 1.82. The molecule has 1 aromatic heterocycles. The quantitative estimate of drug-likeness (QED) is 0.776. The number of hydrogen-bond acceptors (Lipinski definition) is 3. The summed E-state index contributed by atoms with van der Waals surface area (Å²) in [4.78, 5) is 16.2. The summed E-state index contributed by atoms with van der Waals surface area (Å²) in [6.07, 6.45) is 0.865. The molecule has 18 heavy (non-hydrogen) atoms. The summed E-state index contributed by atoms with van der Waals surface area (Å²) in [7, 11) is 0. The molecule has 0 N–H and O–H groups in total. The maximum atomic E-state index is 11.6. The minimum atomic E-state index is -0.0857. The van der Waals surface area contributed by atoms with Crippen LogP contribution < -0.4 is 0 Å². The van der Waals surface area contributed by atoms with Crippen LogP contribution in [-0.2, 0) is 9.53 Å². The summed E-state index contributed by atoms with van der Waals surface area (Å²) in [5.41, 5.74) is 2.00. The second kappa shape index (κ2) is 4.41. The summed E-state index contributed by atoms with van der Waals surface area (Å²) in [6.45, 7) is 2.29. The highest BCUT2D eigenvalue weighted by molar-refractivity contribution is 5.80. The van der Waals surface area contributed by atoms with Gasteiger partial charge in [0.05, 0.1) is 18.0 Å². The van der Waals surface area contributed by atoms with Gasteiger partial charge in [-0.3, -0.25) is 9.78 Å². The average molecular weight is 241 g/mol. The van der Waals surface area contributed by atoms with Crippen LogP contribution in [0.4, 0.5) is 0 Å². The Kier molecular flexibility index (Phi) is 2.74. The monoisotopic (exact) mass is 241 g/mol. The van der Waals surface area contributed by atoms with E-state index >= 15 is 0 Å². The number of aromatic nitrogens is 1. The smallest absolute Gasteiger partial charge is 0.309 e. The lowest BCUT2D eigenvalue weighted by Crippen LogP contribution is -2.07. The third-order valence-electron chi connectivity index (χ3n) is 3.38. The minimum absolute atomic E-state index is 0.0126. The molecule has 92 valence electrons. The average Bonchev–Trinajstić information content (AvgIpc) is 3.19. The standard InChI is InChI=1S/C15H15NO2/c1-2-18-15(17)12-9-11(12)14-8-7-10-5-3-4-6-13(10)16-14/h3-8,11-12H,2,9H2,1H3/t11-,12-/m1/s1. The molecule has 1 fully saturated rings. The van der Waals surface area contributed by atoms with E-state index in [-0.39, 0.29) is 17.8 Å². The first-order valence-electron chi connectivity index (χ1n) is 6.32. The Labute approximate surface area is 106 Å². The topological polar surface area (TPSA) is 39.2 Å². The SMILES string of the molecule is CCOC(=O)[C@@H]1C[C@H]1c1ccc2ccccc2n1. The van der Waals surface area contributed by atoms with Crippen molar-refractivity contribution in [2.45, 2.75) is 19.3 Å². The number of hydrogen-bond donors (Lipinski definition) is 0. The molecular formula is C15H15NO2. The number of benzene rings is 1. The summed E-state index contributed by atoms with van der Waals surface area (Å²) >= 11 is 0. The zero-order chi connectivity index (χ0) is 12.5. The van der Waals surface area contributed by atoms with Crippen molar-refractivity contribution in [2.75, 3.05) is 6.61 Å². The summed E-state index contributed by atoms with van der Waals surface area (Å²) in [5, 5.41) is 1.13. The van der Waals surface area contributed by atoms with E-state index in [0.29, 0.717) is 6.61 Å². The largest absolute Gasteiger partial charge is 0.466 e. The third-order valence-corrected chi connectivity index (χ3v) is 3.38. The highest BCUT2D eigenvalue weighted by atomic mass is 16.5. The fourth-order valence-electron chi connectivity index (χ4n) is 2.32. The molecular weight excluding hydrogens is 226 g/mol. The number of pyridine rings is 1. The van der Waals surface area contributed by atoms with Crippen molar-refractivity contribution in [1.29, 1.82) is 0 Å². The van der Waals surface area contributed by atoms with Crippen LogP contribution in [0.25, 0.3) is 10.9 Å². The number of nitrogens with zero attached hydrogens (tertiary/aromatic N) is 1. The molecule has 2 atom stereocenters. The van der Waals surface area contributed by atoms with Crippen LogP contribution in [0, 0.1) is 5.92 Å². The fraction of sp³-hybridized carbons (Fsp3) is 0.333. The Bertz CT molecular complexity index is 594. The van der Waals surface area contributed by atoms with Gasteiger partial charge in [0.25, 0.3) is 0 Å². The molecule has 0 aliphatic heterocycles. The molecule has 1 aliphatic carbocycles. The van der Waals surface area contributed by atoms with Crippen molar-refractivity contribution in [3.8, 4) is 0 Å². The van der Waals surface area contributed by atoms with Crippen molar-refractivity contribution in [2.24, 2.45) is 5.92 Å². The van der Waals surface area contributed by atoms with Gasteiger partial charge in [-0.2, -0.15) is 0 Å². The molecule has 0 spiro atoms. The minimum Gasteiger partial charge on any atom is -0.466 e. The summed E-state index contributed by atoms with van der Waals surface area (Å²) in [6, 6.07) is 12.1. The van der Waals surface area contributed by atoms with E-state index in [4.69, 9.17) is 4.74 Å². The van der Waals surface area contributed by atoms with Crippen LogP contribution >= 0.6 is 0 Å². The third kappa shape index (κ3) is 1.96. The van der Waals surface area contributed by atoms with E-state index < -0.39 is 0 Å². The van der Waals surface area contributed by atoms with E-state index in [2.05, 4.69) is 11.1 Å². The zero-order valence-corrected chi connectivity index (χ0v) is 10.3. The van der Waals surface area contributed by atoms with Crippen LogP contribution in [0.5, 0.6) is 0 Å². The van der Waals surface area contributed by atoms with Gasteiger partial charge in [-0.1, -0.05) is 24.3 Å². The maximum absolute atomic E-state index is 11.6. The Morgan fingerprint density at radius 2 is 2.17 bits per heavy atom. The van der Waals surface area contributed by atoms with Crippen molar-refractivity contribution in [3.05, 3.63) is 42.1 Å². The molecule has 1 aromatic carbocycles. The molecule has 3 nitrogen and oxygen atoms in total. The van der Waals surface area contributed by atoms with Gasteiger partial charge >= 0.3 is 5.97 Å². The molecule has 1 heterocycles. The zero-order valence-electron chi connectivity index (χ0n) is 10.3. The van der Waals surface area contributed by atoms with Gasteiger partial charge < -0.3 is 4.74 Å². The number of fused-ring (bicyclic) bond motifs is 1. The van der Waals surface area contributed by atoms with Gasteiger partial charge in [0.15, 0.2) is 0 Å². The van der Waals surface area contributed by atoms with Crippen molar-refractivity contribution in [1.82, 2.24) is 4.98 Å². The first kappa shape index (κ1) is 11.2. The second-order valence-corrected chi connectivity index (χ2v) is 4.63. The molecule has 0 saturated heterocycles. The van der Waals surface area contributed by atoms with E-state index in [1.165, 1.54) is 0 Å². The van der Waals surface area contributed by atoms with Gasteiger partial charge in [-0.05, 0) is 25.5 Å². The van der Waals surface area contributed by atoms with Gasteiger partial charge in [0.2, 0.25) is 0 Å². The van der Waals surface area contributed by atoms with Crippen LogP contribution in [0.1, 0.15) is 25.0 Å². The van der Waals surface area contributed by atoms with Crippen LogP contribution in [0.2, 0.25) is 0 Å². The highest BCUT2D eigenvalue weighted by Gasteiger charge is 2.46. The van der Waals surface area contributed by atoms with Gasteiger partial charge in [0.1, 0.15) is 0 Å². The molecule has 1 saturated carbocycles. The Morgan fingerprint density at radius 3 is 3.00 bits per heavy atom. The number of esters is 1. The van der Waals surface area contributed by atoms with E-state index in [9.17, 15) is 4.79 Å². The van der Waals surface area contributed by atoms with E-state index in [1.807, 2.05) is 37.3 Å². The summed E-state index contributed by atoms with van der Waals surface area (Å²) in [5.74, 6) is 0.171. The fourth-order valence-corrected chi connectivity index (χ4v) is 2.32. The van der Waals surface area contributed by atoms with Gasteiger partial charge in [-0.15, -0.1) is 0 Å². The van der Waals surface area contributed by atoms with Crippen LogP contribution in [-0.4, -0.2) is 17.6 Å². The molecule has 0 unspecified atom stereocenters. The first-order valence-corrected chi connectivity index (χ1v) is 6.32. The van der Waals surface area contributed by atoms with Crippen LogP contribution in [0.15, 0.2) is 36.4 Å². The molecule has 0 amide bonds. The number of rotatable bonds is 3. The molecule has 2 aromatic rings. The van der Waals surface area contributed by atoms with Crippen molar-refractivity contribution >= 4 is 16.9 Å². The molecule has 1 aliphatic rings. The highest BCUT2D eigenvalue weighted by Crippen LogP contribution is 2.47. The normalized spacial score (nSPS) is 21.8. The number of para-hydroxylation sites is 1. The van der Waals surface area contributed by atoms with Gasteiger partial charge in [0, 0.05) is 17.0 Å².